The molecule has 2 rings (SSSR count). The highest BCUT2D eigenvalue weighted by Gasteiger charge is 2.17. The van der Waals surface area contributed by atoms with Gasteiger partial charge in [-0.25, -0.2) is 4.98 Å². The Morgan fingerprint density at radius 1 is 1.29 bits per heavy atom. The van der Waals surface area contributed by atoms with Gasteiger partial charge in [-0.1, -0.05) is 25.7 Å². The molecule has 1 aromatic rings. The quantitative estimate of drug-likeness (QED) is 0.572. The molecule has 1 N–H and O–H groups in total. The van der Waals surface area contributed by atoms with Crippen LogP contribution in [0.4, 0.5) is 0 Å². The molecule has 1 fully saturated rings. The largest absolute Gasteiger partial charge is 0.283 e. The van der Waals surface area contributed by atoms with Gasteiger partial charge in [-0.15, -0.1) is 0 Å². The molecule has 1 saturated carbocycles. The van der Waals surface area contributed by atoms with Crippen LogP contribution >= 0.6 is 12.2 Å². The van der Waals surface area contributed by atoms with Gasteiger partial charge in [0.1, 0.15) is 5.82 Å². The fourth-order valence-electron chi connectivity index (χ4n) is 2.16. The fourth-order valence-corrected chi connectivity index (χ4v) is 2.30. The molecule has 1 heterocycles. The van der Waals surface area contributed by atoms with E-state index in [4.69, 9.17) is 12.2 Å². The van der Waals surface area contributed by atoms with E-state index < -0.39 is 0 Å². The first-order valence-corrected chi connectivity index (χ1v) is 5.81. The lowest BCUT2D eigenvalue weighted by molar-refractivity contribution is 0.555. The second-order valence-corrected chi connectivity index (χ2v) is 4.50. The van der Waals surface area contributed by atoms with Gasteiger partial charge in [0, 0.05) is 13.0 Å². The fraction of sp³-hybridized carbons (Fsp3) is 0.800. The molecule has 0 unspecified atom stereocenters. The van der Waals surface area contributed by atoms with Crippen molar-refractivity contribution in [2.75, 3.05) is 0 Å². The molecule has 14 heavy (non-hydrogen) atoms. The SMILES string of the molecule is Cn1[nH]c(C2CCCCCC2)nc1=S. The van der Waals surface area contributed by atoms with Gasteiger partial charge in [0.25, 0.3) is 0 Å². The van der Waals surface area contributed by atoms with Crippen LogP contribution in [0.3, 0.4) is 0 Å². The van der Waals surface area contributed by atoms with Crippen molar-refractivity contribution in [1.29, 1.82) is 0 Å². The predicted octanol–water partition coefficient (Wildman–Crippen LogP) is 2.92. The van der Waals surface area contributed by atoms with E-state index in [0.29, 0.717) is 10.7 Å². The highest BCUT2D eigenvalue weighted by molar-refractivity contribution is 7.71. The van der Waals surface area contributed by atoms with Crippen LogP contribution in [0.1, 0.15) is 50.3 Å². The van der Waals surface area contributed by atoms with Gasteiger partial charge >= 0.3 is 0 Å². The highest BCUT2D eigenvalue weighted by Crippen LogP contribution is 2.29. The number of nitrogens with zero attached hydrogens (tertiary/aromatic N) is 2. The van der Waals surface area contributed by atoms with Crippen LogP contribution in [0.15, 0.2) is 0 Å². The van der Waals surface area contributed by atoms with Crippen LogP contribution in [-0.2, 0) is 7.05 Å². The Kier molecular flexibility index (Phi) is 3.01. The minimum absolute atomic E-state index is 0.611. The first kappa shape index (κ1) is 9.90. The maximum Gasteiger partial charge on any atom is 0.215 e. The van der Waals surface area contributed by atoms with Crippen molar-refractivity contribution < 1.29 is 0 Å². The van der Waals surface area contributed by atoms with E-state index in [1.807, 2.05) is 11.7 Å². The van der Waals surface area contributed by atoms with E-state index in [1.165, 1.54) is 38.5 Å². The first-order valence-electron chi connectivity index (χ1n) is 5.40. The monoisotopic (exact) mass is 211 g/mol. The minimum Gasteiger partial charge on any atom is -0.283 e. The van der Waals surface area contributed by atoms with Gasteiger partial charge in [-0.3, -0.25) is 9.78 Å². The lowest BCUT2D eigenvalue weighted by Crippen LogP contribution is -2.00. The maximum absolute atomic E-state index is 5.10. The lowest BCUT2D eigenvalue weighted by atomic mass is 10.00. The molecule has 4 heteroatoms. The zero-order valence-corrected chi connectivity index (χ0v) is 9.44. The van der Waals surface area contributed by atoms with Crippen molar-refractivity contribution in [1.82, 2.24) is 14.8 Å². The molecule has 1 aliphatic carbocycles. The third-order valence-electron chi connectivity index (χ3n) is 3.03. The van der Waals surface area contributed by atoms with E-state index in [2.05, 4.69) is 10.1 Å². The molecule has 0 amide bonds. The normalized spacial score (nSPS) is 19.5. The standard InChI is InChI=1S/C10H17N3S/c1-13-10(14)11-9(12-13)8-6-4-2-3-5-7-8/h8H,2-7H2,1H3,(H,11,12,14). The van der Waals surface area contributed by atoms with Crippen molar-refractivity contribution in [3.63, 3.8) is 0 Å². The summed E-state index contributed by atoms with van der Waals surface area (Å²) in [7, 11) is 1.93. The van der Waals surface area contributed by atoms with E-state index in [0.717, 1.165) is 5.82 Å². The molecule has 0 aromatic carbocycles. The zero-order valence-electron chi connectivity index (χ0n) is 8.62. The molecule has 0 aliphatic heterocycles. The molecule has 1 aliphatic rings. The summed E-state index contributed by atoms with van der Waals surface area (Å²) in [6.07, 6.45) is 7.96. The number of rotatable bonds is 1. The molecule has 0 spiro atoms. The summed E-state index contributed by atoms with van der Waals surface area (Å²) in [6.45, 7) is 0. The summed E-state index contributed by atoms with van der Waals surface area (Å²) in [5.74, 6) is 1.71. The second-order valence-electron chi connectivity index (χ2n) is 4.14. The van der Waals surface area contributed by atoms with Crippen LogP contribution in [-0.4, -0.2) is 14.8 Å². The maximum atomic E-state index is 5.10. The Labute approximate surface area is 89.5 Å². The van der Waals surface area contributed by atoms with Gasteiger partial charge in [0.05, 0.1) is 0 Å². The number of nitrogens with one attached hydrogen (secondary N) is 1. The zero-order chi connectivity index (χ0) is 9.97. The molecule has 0 atom stereocenters. The summed E-state index contributed by atoms with van der Waals surface area (Å²) < 4.78 is 2.50. The van der Waals surface area contributed by atoms with Crippen LogP contribution in [0.5, 0.6) is 0 Å². The third-order valence-corrected chi connectivity index (χ3v) is 3.39. The van der Waals surface area contributed by atoms with E-state index in [9.17, 15) is 0 Å². The Balaban J connectivity index is 2.16. The van der Waals surface area contributed by atoms with Crippen molar-refractivity contribution >= 4 is 12.2 Å². The van der Waals surface area contributed by atoms with Crippen LogP contribution in [0.2, 0.25) is 0 Å². The highest BCUT2D eigenvalue weighted by atomic mass is 32.1. The number of hydrogen-bond acceptors (Lipinski definition) is 2. The molecule has 0 bridgehead atoms. The molecular weight excluding hydrogens is 194 g/mol. The second kappa shape index (κ2) is 4.26. The van der Waals surface area contributed by atoms with Crippen LogP contribution in [0, 0.1) is 4.77 Å². The van der Waals surface area contributed by atoms with E-state index in [1.54, 1.807) is 0 Å². The van der Waals surface area contributed by atoms with Gasteiger partial charge < -0.3 is 0 Å². The summed E-state index contributed by atoms with van der Waals surface area (Å²) in [5.41, 5.74) is 0. The smallest absolute Gasteiger partial charge is 0.215 e. The topological polar surface area (TPSA) is 33.6 Å². The summed E-state index contributed by atoms with van der Waals surface area (Å²) in [5, 5.41) is 3.24. The van der Waals surface area contributed by atoms with Gasteiger partial charge in [-0.05, 0) is 25.1 Å². The average Bonchev–Trinajstić information content (AvgIpc) is 2.46. The summed E-state index contributed by atoms with van der Waals surface area (Å²) >= 11 is 5.10. The number of hydrogen-bond donors (Lipinski definition) is 1. The minimum atomic E-state index is 0.611. The van der Waals surface area contributed by atoms with E-state index in [-0.39, 0.29) is 0 Å². The number of aromatic nitrogens is 3. The molecule has 1 aromatic heterocycles. The molecule has 0 saturated heterocycles. The van der Waals surface area contributed by atoms with Crippen LogP contribution in [0.25, 0.3) is 0 Å². The van der Waals surface area contributed by atoms with Crippen molar-refractivity contribution in [2.45, 2.75) is 44.4 Å². The predicted molar refractivity (Wildman–Crippen MR) is 58.8 cm³/mol. The Morgan fingerprint density at radius 2 is 1.93 bits per heavy atom. The molecule has 78 valence electrons. The van der Waals surface area contributed by atoms with Crippen LogP contribution < -0.4 is 0 Å². The van der Waals surface area contributed by atoms with Crippen molar-refractivity contribution in [3.8, 4) is 0 Å². The summed E-state index contributed by atoms with van der Waals surface area (Å²) in [6, 6.07) is 0. The Hall–Kier alpha value is -0.640. The third kappa shape index (κ3) is 2.05. The Morgan fingerprint density at radius 3 is 2.43 bits per heavy atom. The average molecular weight is 211 g/mol. The molecule has 3 nitrogen and oxygen atoms in total. The summed E-state index contributed by atoms with van der Waals surface area (Å²) in [4.78, 5) is 4.40. The molecule has 0 radical (unpaired) electrons. The van der Waals surface area contributed by atoms with Gasteiger partial charge in [-0.2, -0.15) is 0 Å². The van der Waals surface area contributed by atoms with E-state index >= 15 is 0 Å². The number of aryl methyl sites for hydroxylation is 1. The number of aromatic amines is 1. The lowest BCUT2D eigenvalue weighted by Gasteiger charge is -2.09. The van der Waals surface area contributed by atoms with Crippen molar-refractivity contribution in [3.05, 3.63) is 10.6 Å². The number of H-pyrrole nitrogens is 1. The van der Waals surface area contributed by atoms with Gasteiger partial charge in [0.15, 0.2) is 0 Å². The van der Waals surface area contributed by atoms with Gasteiger partial charge in [0.2, 0.25) is 4.77 Å². The van der Waals surface area contributed by atoms with Crippen molar-refractivity contribution in [2.24, 2.45) is 7.05 Å². The molecular formula is C10H17N3S. The first-order chi connectivity index (χ1) is 6.77. The Bertz CT molecular complexity index is 344.